The maximum Gasteiger partial charge on any atom is 0.323 e. The van der Waals surface area contributed by atoms with Crippen molar-refractivity contribution in [1.29, 1.82) is 0 Å². The molecule has 3 amide bonds. The molecule has 0 spiro atoms. The van der Waals surface area contributed by atoms with Gasteiger partial charge in [-0.05, 0) is 73.2 Å². The van der Waals surface area contributed by atoms with E-state index in [9.17, 15) is 18.6 Å². The second-order valence-corrected chi connectivity index (χ2v) is 13.0. The molecule has 0 aliphatic rings. The molecule has 0 aliphatic carbocycles. The van der Waals surface area contributed by atoms with Crippen molar-refractivity contribution in [1.82, 2.24) is 4.98 Å². The zero-order chi connectivity index (χ0) is 28.9. The van der Waals surface area contributed by atoms with Gasteiger partial charge in [-0.25, -0.2) is 14.0 Å². The molecule has 5 N–H and O–H groups in total. The molecule has 4 aromatic rings. The lowest BCUT2D eigenvalue weighted by atomic mass is 10.1. The number of aryl methyl sites for hydroxylation is 1. The number of anilines is 3. The summed E-state index contributed by atoms with van der Waals surface area (Å²) in [6.45, 7) is 1.95. The molecule has 208 valence electrons. The fraction of sp³-hybridized carbons (Fsp3) is 0.214. The molecule has 0 bridgehead atoms. The van der Waals surface area contributed by atoms with Crippen molar-refractivity contribution in [3.05, 3.63) is 71.9 Å². The van der Waals surface area contributed by atoms with E-state index in [-0.39, 0.29) is 29.6 Å². The molecule has 0 aliphatic heterocycles. The summed E-state index contributed by atoms with van der Waals surface area (Å²) in [6.07, 6.45) is 3.40. The molecule has 4 rings (SSSR count). The fourth-order valence-corrected chi connectivity index (χ4v) is 6.33. The number of rotatable bonds is 9. The van der Waals surface area contributed by atoms with Gasteiger partial charge in [0, 0.05) is 51.1 Å². The summed E-state index contributed by atoms with van der Waals surface area (Å²) in [5.74, 6) is -1.25. The third-order valence-corrected chi connectivity index (χ3v) is 8.67. The van der Waals surface area contributed by atoms with Crippen molar-refractivity contribution in [3.63, 3.8) is 0 Å². The molecule has 0 saturated heterocycles. The van der Waals surface area contributed by atoms with Crippen molar-refractivity contribution < 1.29 is 23.7 Å². The Bertz CT molecular complexity index is 1720. The third-order valence-electron chi connectivity index (χ3n) is 5.92. The van der Waals surface area contributed by atoms with Crippen LogP contribution in [0.1, 0.15) is 35.2 Å². The summed E-state index contributed by atoms with van der Waals surface area (Å²) < 4.78 is 17.6. The topological polar surface area (TPSA) is 164 Å². The zero-order valence-electron chi connectivity index (χ0n) is 22.0. The predicted molar refractivity (Wildman–Crippen MR) is 160 cm³/mol. The number of thiophene rings is 1. The Balaban J connectivity index is 1.51. The van der Waals surface area contributed by atoms with Crippen LogP contribution in [-0.2, 0) is 14.5 Å². The van der Waals surface area contributed by atoms with Crippen molar-refractivity contribution in [2.24, 2.45) is 4.36 Å². The minimum atomic E-state index is -2.84. The Hall–Kier alpha value is -4.29. The van der Waals surface area contributed by atoms with Crippen LogP contribution in [0.5, 0.6) is 0 Å². The molecular formula is C28H29N5O5S2. The van der Waals surface area contributed by atoms with Gasteiger partial charge in [0.15, 0.2) is 0 Å². The zero-order valence-corrected chi connectivity index (χ0v) is 23.6. The molecule has 2 aromatic carbocycles. The number of nitrogens with one attached hydrogen (secondary N) is 2. The Morgan fingerprint density at radius 1 is 1.05 bits per heavy atom. The van der Waals surface area contributed by atoms with Crippen LogP contribution in [0.4, 0.5) is 22.0 Å². The summed E-state index contributed by atoms with van der Waals surface area (Å²) >= 11 is 1.45. The number of nitrogens with zero attached hydrogens (tertiary/aromatic N) is 2. The van der Waals surface area contributed by atoms with Gasteiger partial charge in [0.05, 0.1) is 15.3 Å². The van der Waals surface area contributed by atoms with Gasteiger partial charge in [-0.3, -0.25) is 9.59 Å². The monoisotopic (exact) mass is 579 g/mol. The van der Waals surface area contributed by atoms with Gasteiger partial charge in [0.2, 0.25) is 0 Å². The number of carboxylic acid groups (broad SMARTS) is 1. The number of benzene rings is 2. The lowest BCUT2D eigenvalue weighted by molar-refractivity contribution is -0.137. The molecule has 0 saturated carbocycles. The molecule has 0 radical (unpaired) electrons. The number of carbonyl (C=O) groups excluding carboxylic acids is 2. The van der Waals surface area contributed by atoms with Gasteiger partial charge in [-0.15, -0.1) is 11.3 Å². The number of hydrogen-bond donors (Lipinski definition) is 4. The number of pyridine rings is 1. The molecule has 40 heavy (non-hydrogen) atoms. The minimum absolute atomic E-state index is 0.0258. The highest BCUT2D eigenvalue weighted by atomic mass is 32.2. The van der Waals surface area contributed by atoms with Gasteiger partial charge >= 0.3 is 12.0 Å². The smallest absolute Gasteiger partial charge is 0.323 e. The number of carboxylic acids is 1. The highest BCUT2D eigenvalue weighted by Crippen LogP contribution is 2.37. The predicted octanol–water partition coefficient (Wildman–Crippen LogP) is 5.99. The van der Waals surface area contributed by atoms with Crippen LogP contribution >= 0.6 is 11.3 Å². The fourth-order valence-electron chi connectivity index (χ4n) is 3.98. The van der Waals surface area contributed by atoms with E-state index in [1.165, 1.54) is 23.8 Å². The van der Waals surface area contributed by atoms with E-state index in [0.717, 1.165) is 20.5 Å². The van der Waals surface area contributed by atoms with Crippen LogP contribution in [0.15, 0.2) is 65.2 Å². The molecule has 0 fully saturated rings. The van der Waals surface area contributed by atoms with Gasteiger partial charge in [0.1, 0.15) is 5.82 Å². The van der Waals surface area contributed by atoms with E-state index < -0.39 is 21.6 Å². The number of amides is 3. The summed E-state index contributed by atoms with van der Waals surface area (Å²) in [7, 11) is -2.84. The number of nitrogens with two attached hydrogens (primary N) is 1. The first-order valence-corrected chi connectivity index (χ1v) is 15.3. The Morgan fingerprint density at radius 3 is 2.52 bits per heavy atom. The van der Waals surface area contributed by atoms with E-state index in [4.69, 9.17) is 10.8 Å². The second-order valence-electron chi connectivity index (χ2n) is 9.38. The third kappa shape index (κ3) is 7.64. The van der Waals surface area contributed by atoms with Gasteiger partial charge in [-0.2, -0.15) is 4.36 Å². The average molecular weight is 580 g/mol. The number of hydrogen-bond acceptors (Lipinski definition) is 7. The molecule has 2 aromatic heterocycles. The Kier molecular flexibility index (Phi) is 8.80. The van der Waals surface area contributed by atoms with Crippen molar-refractivity contribution in [3.8, 4) is 10.4 Å². The number of unbranched alkanes of at least 4 members (excludes halogenated alkanes) is 1. The maximum absolute atomic E-state index is 12.8. The van der Waals surface area contributed by atoms with Crippen LogP contribution in [0.2, 0.25) is 0 Å². The number of aromatic nitrogens is 1. The van der Waals surface area contributed by atoms with Gasteiger partial charge in [0.25, 0.3) is 5.91 Å². The molecule has 1 unspecified atom stereocenters. The van der Waals surface area contributed by atoms with Crippen molar-refractivity contribution in [2.45, 2.75) is 26.2 Å². The summed E-state index contributed by atoms with van der Waals surface area (Å²) in [5, 5.41) is 15.3. The molecule has 12 heteroatoms. The van der Waals surface area contributed by atoms with E-state index in [1.54, 1.807) is 12.1 Å². The number of carbonyl (C=O) groups is 3. The van der Waals surface area contributed by atoms with E-state index >= 15 is 0 Å². The average Bonchev–Trinajstić information content (AvgIpc) is 3.29. The first-order chi connectivity index (χ1) is 19.0. The van der Waals surface area contributed by atoms with Crippen molar-refractivity contribution >= 4 is 66.3 Å². The van der Waals surface area contributed by atoms with Crippen LogP contribution in [0.3, 0.4) is 0 Å². The van der Waals surface area contributed by atoms with E-state index in [1.807, 2.05) is 49.4 Å². The minimum Gasteiger partial charge on any atom is -0.481 e. The molecule has 2 heterocycles. The quantitative estimate of drug-likeness (QED) is 0.177. The molecular weight excluding hydrogens is 550 g/mol. The largest absolute Gasteiger partial charge is 0.481 e. The first kappa shape index (κ1) is 28.7. The van der Waals surface area contributed by atoms with Crippen LogP contribution in [-0.4, -0.2) is 44.2 Å². The second kappa shape index (κ2) is 12.3. The number of fused-ring (bicyclic) bond motifs is 1. The van der Waals surface area contributed by atoms with Crippen LogP contribution < -0.4 is 16.4 Å². The SMILES string of the molecule is Cc1cccc(NC(=O)Nc2ccc3sc(-c4cc(C(=O)N=S(C)(=O)CCCCC(=O)O)cnc4N)cc3c2)c1. The standard InChI is InChI=1S/C28H29N5O5S2/c1-17-6-5-7-20(12-17)31-28(37)32-21-9-10-23-18(13-21)15-24(39-23)22-14-19(16-30-26(22)29)27(36)33-40(2,38)11-4-3-8-25(34)35/h5-7,9-10,12-16H,3-4,8,11H2,1-2H3,(H2,29,30)(H,34,35)(H2,31,32,37). The highest BCUT2D eigenvalue weighted by Gasteiger charge is 2.15. The normalized spacial score (nSPS) is 12.4. The molecule has 1 atom stereocenters. The Labute approximate surface area is 235 Å². The lowest BCUT2D eigenvalue weighted by Crippen LogP contribution is -2.19. The lowest BCUT2D eigenvalue weighted by Gasteiger charge is -2.08. The van der Waals surface area contributed by atoms with E-state index in [2.05, 4.69) is 20.0 Å². The summed E-state index contributed by atoms with van der Waals surface area (Å²) in [5.41, 5.74) is 9.17. The maximum atomic E-state index is 12.8. The number of aliphatic carboxylic acids is 1. The van der Waals surface area contributed by atoms with Crippen LogP contribution in [0.25, 0.3) is 20.5 Å². The number of urea groups is 1. The van der Waals surface area contributed by atoms with E-state index in [0.29, 0.717) is 29.8 Å². The summed E-state index contributed by atoms with van der Waals surface area (Å²) in [6, 6.07) is 16.1. The number of nitrogen functional groups attached to an aromatic ring is 1. The van der Waals surface area contributed by atoms with Crippen molar-refractivity contribution in [2.75, 3.05) is 28.4 Å². The summed E-state index contributed by atoms with van der Waals surface area (Å²) in [4.78, 5) is 40.9. The first-order valence-electron chi connectivity index (χ1n) is 12.4. The van der Waals surface area contributed by atoms with Crippen LogP contribution in [0, 0.1) is 6.92 Å². The van der Waals surface area contributed by atoms with Gasteiger partial charge in [-0.1, -0.05) is 12.1 Å². The highest BCUT2D eigenvalue weighted by molar-refractivity contribution is 7.93. The Morgan fingerprint density at radius 2 is 1.80 bits per heavy atom. The van der Waals surface area contributed by atoms with Gasteiger partial charge < -0.3 is 21.5 Å². The molecule has 10 nitrogen and oxygen atoms in total.